The number of alkyl halides is 5. The van der Waals surface area contributed by atoms with Crippen molar-refractivity contribution in [1.82, 2.24) is 19.0 Å². The maximum Gasteiger partial charge on any atom is 0.416 e. The Kier molecular flexibility index (Phi) is 14.7. The van der Waals surface area contributed by atoms with Crippen LogP contribution in [0.4, 0.5) is 25.8 Å². The van der Waals surface area contributed by atoms with Crippen molar-refractivity contribution in [3.05, 3.63) is 29.6 Å². The van der Waals surface area contributed by atoms with Gasteiger partial charge < -0.3 is 10.1 Å². The zero-order valence-corrected chi connectivity index (χ0v) is 25.6. The lowest BCUT2D eigenvalue weighted by Crippen LogP contribution is -2.40. The van der Waals surface area contributed by atoms with Gasteiger partial charge in [0, 0.05) is 30.7 Å². The van der Waals surface area contributed by atoms with Crippen molar-refractivity contribution in [3.63, 3.8) is 0 Å². The summed E-state index contributed by atoms with van der Waals surface area (Å²) >= 11 is 1.63. The number of aromatic nitrogens is 2. The number of fused-ring (bicyclic) bond motifs is 1. The van der Waals surface area contributed by atoms with Crippen LogP contribution in [0.1, 0.15) is 78.6 Å². The number of hydrogen-bond donors (Lipinski definition) is 2. The average molecular weight is 619 g/mol. The number of hydrogen-bond acceptors (Lipinski definition) is 6. The normalized spacial score (nSPS) is 14.2. The number of rotatable bonds is 10. The summed E-state index contributed by atoms with van der Waals surface area (Å²) in [5, 5.41) is 2.63. The molecule has 0 saturated heterocycles. The Bertz CT molecular complexity index is 1050. The van der Waals surface area contributed by atoms with Crippen molar-refractivity contribution >= 4 is 41.2 Å². The number of benzene rings is 1. The van der Waals surface area contributed by atoms with E-state index in [0.717, 1.165) is 26.5 Å². The first-order chi connectivity index (χ1) is 18.4. The van der Waals surface area contributed by atoms with E-state index >= 15 is 0 Å². The molecule has 1 atom stereocenters. The average Bonchev–Trinajstić information content (AvgIpc) is 3.69. The number of halogens is 6. The fraction of sp³-hybridized carbons (Fsp3) is 0.692. The molecule has 2 N–H and O–H groups in total. The minimum absolute atomic E-state index is 0.0207. The molecule has 1 amide bonds. The smallest absolute Gasteiger partial charge is 0.369 e. The van der Waals surface area contributed by atoms with Crippen molar-refractivity contribution in [1.29, 1.82) is 0 Å². The number of carbonyl (C=O) groups excluding carboxylic acids is 1. The number of imidazole rings is 1. The molecule has 1 aliphatic rings. The van der Waals surface area contributed by atoms with Crippen LogP contribution in [-0.4, -0.2) is 44.9 Å². The van der Waals surface area contributed by atoms with E-state index in [1.54, 1.807) is 30.1 Å². The van der Waals surface area contributed by atoms with E-state index in [9.17, 15) is 30.6 Å². The fourth-order valence-corrected chi connectivity index (χ4v) is 3.59. The number of ether oxygens (including phenoxy) is 1. The van der Waals surface area contributed by atoms with Gasteiger partial charge in [-0.2, -0.15) is 13.2 Å². The second-order valence-corrected chi connectivity index (χ2v) is 13.0. The molecular weight excluding hydrogens is 578 g/mol. The van der Waals surface area contributed by atoms with Crippen LogP contribution in [-0.2, 0) is 22.6 Å². The molecule has 0 aliphatic heterocycles. The maximum atomic E-state index is 13.4. The summed E-state index contributed by atoms with van der Waals surface area (Å²) in [6, 6.07) is 5.26. The van der Waals surface area contributed by atoms with Crippen LogP contribution in [0, 0.1) is 5.92 Å². The molecule has 1 fully saturated rings. The first kappa shape index (κ1) is 36.4. The minimum atomic E-state index is -4.28. The molecule has 1 aromatic carbocycles. The summed E-state index contributed by atoms with van der Waals surface area (Å²) in [5.74, 6) is -0.867. The molecule has 6 nitrogen and oxygen atoms in total. The summed E-state index contributed by atoms with van der Waals surface area (Å²) in [6.07, 6.45) is -2.52. The minimum Gasteiger partial charge on any atom is -0.369 e. The molecular formula is C26H40F6N4O2S2. The summed E-state index contributed by atoms with van der Waals surface area (Å²) in [5.41, 5.74) is -0.0167. The number of carbonyl (C=O) groups is 1. The van der Waals surface area contributed by atoms with Gasteiger partial charge in [0.05, 0.1) is 17.6 Å². The predicted octanol–water partition coefficient (Wildman–Crippen LogP) is 8.00. The summed E-state index contributed by atoms with van der Waals surface area (Å²) < 4.78 is 82.4. The molecule has 3 rings (SSSR count). The van der Waals surface area contributed by atoms with Crippen LogP contribution in [0.3, 0.4) is 0 Å². The molecule has 14 heteroatoms. The Balaban J connectivity index is 0.000000551. The highest BCUT2D eigenvalue weighted by atomic mass is 32.2. The van der Waals surface area contributed by atoms with Gasteiger partial charge >= 0.3 is 6.18 Å². The van der Waals surface area contributed by atoms with Crippen molar-refractivity contribution in [2.45, 2.75) is 103 Å². The molecule has 2 aromatic rings. The Labute approximate surface area is 241 Å². The second kappa shape index (κ2) is 16.1. The SMILES string of the molecule is C1CC1.CC(CC(=O)NCc1ccc2c(c1)nc(CNSC(C)(C)C)n2SF)C(F)F.COC(C)(C)C(F)(F)F. The van der Waals surface area contributed by atoms with Crippen molar-refractivity contribution in [2.24, 2.45) is 5.92 Å². The molecule has 1 aromatic heterocycles. The van der Waals surface area contributed by atoms with Crippen molar-refractivity contribution in [2.75, 3.05) is 7.11 Å². The van der Waals surface area contributed by atoms with Gasteiger partial charge in [-0.25, -0.2) is 17.7 Å². The van der Waals surface area contributed by atoms with Crippen molar-refractivity contribution < 1.29 is 35.4 Å². The lowest BCUT2D eigenvalue weighted by atomic mass is 10.1. The van der Waals surface area contributed by atoms with Gasteiger partial charge in [0.2, 0.25) is 12.3 Å². The molecule has 0 bridgehead atoms. The summed E-state index contributed by atoms with van der Waals surface area (Å²) in [4.78, 5) is 16.2. The standard InChI is InChI=1S/C18H25F3N4OS2.C5H9F3O.C3H6/c1-11(17(19)20)7-16(26)22-9-12-5-6-14-13(8-12)24-15(25(14)28-21)10-23-27-18(2,3)4;1-4(2,9-3)5(6,7)8;1-2-3-1/h5-6,8,11,17,23H,7,9-10H2,1-4H3,(H,22,26);1-3H3;1-3H2. The Morgan fingerprint density at radius 2 is 1.70 bits per heavy atom. The van der Waals surface area contributed by atoms with Crippen LogP contribution in [0.2, 0.25) is 0 Å². The zero-order chi connectivity index (χ0) is 30.7. The lowest BCUT2D eigenvalue weighted by molar-refractivity contribution is -0.255. The largest absolute Gasteiger partial charge is 0.416 e. The van der Waals surface area contributed by atoms with E-state index in [2.05, 4.69) is 40.5 Å². The van der Waals surface area contributed by atoms with Gasteiger partial charge in [0.25, 0.3) is 0 Å². The van der Waals surface area contributed by atoms with E-state index in [1.807, 2.05) is 0 Å². The van der Waals surface area contributed by atoms with Gasteiger partial charge in [-0.05, 0) is 52.3 Å². The van der Waals surface area contributed by atoms with Crippen LogP contribution >= 0.6 is 24.3 Å². The Morgan fingerprint density at radius 1 is 1.10 bits per heavy atom. The topological polar surface area (TPSA) is 68.2 Å². The van der Waals surface area contributed by atoms with Crippen LogP contribution in [0.25, 0.3) is 11.0 Å². The Hall–Kier alpha value is -1.64. The third-order valence-corrected chi connectivity index (χ3v) is 6.84. The molecule has 230 valence electrons. The van der Waals surface area contributed by atoms with E-state index in [0.29, 0.717) is 23.4 Å². The van der Waals surface area contributed by atoms with Crippen LogP contribution in [0.5, 0.6) is 0 Å². The fourth-order valence-electron chi connectivity index (χ4n) is 2.54. The van der Waals surface area contributed by atoms with Crippen LogP contribution in [0.15, 0.2) is 18.2 Å². The monoisotopic (exact) mass is 618 g/mol. The number of nitrogens with one attached hydrogen (secondary N) is 2. The molecule has 0 radical (unpaired) electrons. The first-order valence-corrected chi connectivity index (χ1v) is 14.3. The summed E-state index contributed by atoms with van der Waals surface area (Å²) in [7, 11) is 1.04. The molecule has 1 unspecified atom stereocenters. The highest BCUT2D eigenvalue weighted by Crippen LogP contribution is 2.31. The Morgan fingerprint density at radius 3 is 2.12 bits per heavy atom. The van der Waals surface area contributed by atoms with E-state index in [4.69, 9.17) is 0 Å². The van der Waals surface area contributed by atoms with Gasteiger partial charge in [-0.3, -0.25) is 9.52 Å². The van der Waals surface area contributed by atoms with Crippen LogP contribution < -0.4 is 10.0 Å². The van der Waals surface area contributed by atoms with Gasteiger partial charge in [-0.15, -0.1) is 3.89 Å². The van der Waals surface area contributed by atoms with E-state index in [1.165, 1.54) is 30.2 Å². The van der Waals surface area contributed by atoms with Crippen molar-refractivity contribution in [3.8, 4) is 0 Å². The lowest BCUT2D eigenvalue weighted by Gasteiger charge is -2.25. The highest BCUT2D eigenvalue weighted by Gasteiger charge is 2.47. The van der Waals surface area contributed by atoms with Gasteiger partial charge in [0.1, 0.15) is 5.82 Å². The molecule has 1 saturated carbocycles. The highest BCUT2D eigenvalue weighted by molar-refractivity contribution is 7.98. The van der Waals surface area contributed by atoms with Gasteiger partial charge in [0.15, 0.2) is 17.9 Å². The van der Waals surface area contributed by atoms with E-state index < -0.39 is 30.0 Å². The summed E-state index contributed by atoms with van der Waals surface area (Å²) in [6.45, 7) is 10.1. The predicted molar refractivity (Wildman–Crippen MR) is 151 cm³/mol. The zero-order valence-electron chi connectivity index (χ0n) is 23.9. The van der Waals surface area contributed by atoms with Gasteiger partial charge in [-0.1, -0.05) is 44.2 Å². The van der Waals surface area contributed by atoms with E-state index in [-0.39, 0.29) is 30.0 Å². The molecule has 0 spiro atoms. The first-order valence-electron chi connectivity index (χ1n) is 12.8. The molecule has 1 heterocycles. The molecule has 1 aliphatic carbocycles. The number of methoxy groups -OCH3 is 1. The second-order valence-electron chi connectivity index (χ2n) is 10.8. The number of nitrogens with zero attached hydrogens (tertiary/aromatic N) is 2. The number of amides is 1. The maximum absolute atomic E-state index is 13.4. The third kappa shape index (κ3) is 13.3. The third-order valence-electron chi connectivity index (χ3n) is 5.39. The quantitative estimate of drug-likeness (QED) is 0.208. The molecule has 40 heavy (non-hydrogen) atoms.